The second-order valence-corrected chi connectivity index (χ2v) is 6.96. The third-order valence-electron chi connectivity index (χ3n) is 5.37. The highest BCUT2D eigenvalue weighted by Gasteiger charge is 2.42. The number of nitro benzene ring substituents is 1. The highest BCUT2D eigenvalue weighted by atomic mass is 35.5. The van der Waals surface area contributed by atoms with Gasteiger partial charge in [0.15, 0.2) is 0 Å². The molecule has 0 saturated carbocycles. The average molecular weight is 400 g/mol. The molecule has 0 aliphatic carbocycles. The number of non-ortho nitro benzene ring substituents is 1. The molecule has 0 bridgehead atoms. The first-order chi connectivity index (χ1) is 12.5. The van der Waals surface area contributed by atoms with Gasteiger partial charge in [0, 0.05) is 57.8 Å². The first-order valence-electron chi connectivity index (χ1n) is 9.02. The van der Waals surface area contributed by atoms with Crippen molar-refractivity contribution in [3.05, 3.63) is 34.4 Å². The van der Waals surface area contributed by atoms with Crippen LogP contribution in [0, 0.1) is 15.5 Å². The van der Waals surface area contributed by atoms with Gasteiger partial charge in [0.05, 0.1) is 10.3 Å². The van der Waals surface area contributed by atoms with Crippen LogP contribution in [0.3, 0.4) is 0 Å². The fourth-order valence-corrected chi connectivity index (χ4v) is 3.62. The molecule has 0 aromatic heterocycles. The average Bonchev–Trinajstić information content (AvgIpc) is 2.69. The molecule has 1 aromatic carbocycles. The van der Waals surface area contributed by atoms with E-state index in [1.54, 1.807) is 12.1 Å². The van der Waals surface area contributed by atoms with E-state index in [9.17, 15) is 14.9 Å². The Morgan fingerprint density at radius 3 is 2.37 bits per heavy atom. The number of hydrogen-bond acceptors (Lipinski definition) is 6. The highest BCUT2D eigenvalue weighted by molar-refractivity contribution is 5.85. The molecule has 0 radical (unpaired) electrons. The summed E-state index contributed by atoms with van der Waals surface area (Å²) in [7, 11) is 0. The summed E-state index contributed by atoms with van der Waals surface area (Å²) >= 11 is 0. The predicted molar refractivity (Wildman–Crippen MR) is 102 cm³/mol. The molecule has 0 spiro atoms. The molecule has 2 aliphatic heterocycles. The number of rotatable bonds is 5. The first kappa shape index (κ1) is 21.4. The second-order valence-electron chi connectivity index (χ2n) is 6.96. The molecule has 1 amide bonds. The molecule has 2 aliphatic rings. The zero-order valence-corrected chi connectivity index (χ0v) is 16.0. The summed E-state index contributed by atoms with van der Waals surface area (Å²) in [6.07, 6.45) is 2.84. The van der Waals surface area contributed by atoms with Crippen molar-refractivity contribution in [2.45, 2.75) is 31.8 Å². The zero-order chi connectivity index (χ0) is 18.6. The lowest BCUT2D eigenvalue weighted by Crippen LogP contribution is -2.53. The van der Waals surface area contributed by atoms with Gasteiger partial charge in [-0.2, -0.15) is 0 Å². The van der Waals surface area contributed by atoms with Gasteiger partial charge >= 0.3 is 0 Å². The number of nitro groups is 1. The number of ether oxygens (including phenoxy) is 2. The zero-order valence-electron chi connectivity index (χ0n) is 15.2. The first-order valence-corrected chi connectivity index (χ1v) is 9.02. The van der Waals surface area contributed by atoms with Crippen LogP contribution < -0.4 is 10.5 Å². The lowest BCUT2D eigenvalue weighted by atomic mass is 9.78. The summed E-state index contributed by atoms with van der Waals surface area (Å²) in [6.45, 7) is 2.80. The Morgan fingerprint density at radius 2 is 1.85 bits per heavy atom. The second kappa shape index (κ2) is 9.34. The quantitative estimate of drug-likeness (QED) is 0.600. The van der Waals surface area contributed by atoms with E-state index in [-0.39, 0.29) is 30.1 Å². The standard InChI is InChI=1S/C18H25N3O5.ClH/c19-13-18(7-11-25-12-8-18)17(22)20-9-5-16(6-10-20)26-15-3-1-14(2-4-15)21(23)24;/h1-4,16H,5-13,19H2;1H. The summed E-state index contributed by atoms with van der Waals surface area (Å²) in [5.74, 6) is 0.750. The number of nitrogens with two attached hydrogens (primary N) is 1. The van der Waals surface area contributed by atoms with E-state index in [1.807, 2.05) is 4.90 Å². The number of piperidine rings is 1. The normalized spacial score (nSPS) is 19.8. The molecule has 1 aromatic rings. The van der Waals surface area contributed by atoms with Crippen LogP contribution in [0.4, 0.5) is 5.69 Å². The van der Waals surface area contributed by atoms with Crippen LogP contribution >= 0.6 is 12.4 Å². The number of likely N-dealkylation sites (tertiary alicyclic amines) is 1. The summed E-state index contributed by atoms with van der Waals surface area (Å²) < 4.78 is 11.3. The number of nitrogens with zero attached hydrogens (tertiary/aromatic N) is 2. The van der Waals surface area contributed by atoms with Gasteiger partial charge in [-0.1, -0.05) is 0 Å². The van der Waals surface area contributed by atoms with Crippen molar-refractivity contribution in [1.29, 1.82) is 0 Å². The molecule has 2 heterocycles. The van der Waals surface area contributed by atoms with E-state index in [0.29, 0.717) is 51.4 Å². The van der Waals surface area contributed by atoms with Crippen LogP contribution in [0.1, 0.15) is 25.7 Å². The number of hydrogen-bond donors (Lipinski definition) is 1. The summed E-state index contributed by atoms with van der Waals surface area (Å²) in [5.41, 5.74) is 5.49. The van der Waals surface area contributed by atoms with Crippen LogP contribution in [0.5, 0.6) is 5.75 Å². The van der Waals surface area contributed by atoms with E-state index in [0.717, 1.165) is 12.8 Å². The van der Waals surface area contributed by atoms with Crippen LogP contribution in [0.25, 0.3) is 0 Å². The van der Waals surface area contributed by atoms with E-state index >= 15 is 0 Å². The molecule has 2 fully saturated rings. The maximum Gasteiger partial charge on any atom is 0.269 e. The Bertz CT molecular complexity index is 641. The van der Waals surface area contributed by atoms with Crippen LogP contribution in [-0.2, 0) is 9.53 Å². The number of carbonyl (C=O) groups excluding carboxylic acids is 1. The molecule has 27 heavy (non-hydrogen) atoms. The van der Waals surface area contributed by atoms with Gasteiger partial charge < -0.3 is 20.1 Å². The van der Waals surface area contributed by atoms with Gasteiger partial charge in [0.1, 0.15) is 11.9 Å². The minimum atomic E-state index is -0.482. The summed E-state index contributed by atoms with van der Waals surface area (Å²) in [5, 5.41) is 10.7. The number of benzene rings is 1. The van der Waals surface area contributed by atoms with Gasteiger partial charge in [0.25, 0.3) is 5.69 Å². The maximum absolute atomic E-state index is 13.0. The highest BCUT2D eigenvalue weighted by Crippen LogP contribution is 2.33. The topological polar surface area (TPSA) is 108 Å². The minimum Gasteiger partial charge on any atom is -0.490 e. The van der Waals surface area contributed by atoms with Gasteiger partial charge in [-0.25, -0.2) is 0 Å². The molecular weight excluding hydrogens is 374 g/mol. The molecule has 0 unspecified atom stereocenters. The van der Waals surface area contributed by atoms with Gasteiger partial charge in [-0.05, 0) is 25.0 Å². The Hall–Kier alpha value is -1.90. The van der Waals surface area contributed by atoms with Crippen molar-refractivity contribution >= 4 is 24.0 Å². The van der Waals surface area contributed by atoms with Crippen molar-refractivity contribution in [2.24, 2.45) is 11.1 Å². The molecule has 9 heteroatoms. The minimum absolute atomic E-state index is 0. The maximum atomic E-state index is 13.0. The van der Waals surface area contributed by atoms with Crippen LogP contribution in [0.2, 0.25) is 0 Å². The smallest absolute Gasteiger partial charge is 0.269 e. The Labute approximate surface area is 164 Å². The Balaban J connectivity index is 0.00000261. The lowest BCUT2D eigenvalue weighted by molar-refractivity contribution is -0.384. The monoisotopic (exact) mass is 399 g/mol. The van der Waals surface area contributed by atoms with Gasteiger partial charge in [-0.15, -0.1) is 12.4 Å². The number of carbonyl (C=O) groups is 1. The summed E-state index contributed by atoms with van der Waals surface area (Å²) in [4.78, 5) is 25.1. The van der Waals surface area contributed by atoms with Crippen molar-refractivity contribution in [1.82, 2.24) is 4.90 Å². The predicted octanol–water partition coefficient (Wildman–Crippen LogP) is 2.14. The van der Waals surface area contributed by atoms with E-state index in [2.05, 4.69) is 0 Å². The number of amides is 1. The molecule has 0 atom stereocenters. The molecular formula is C18H26ClN3O5. The van der Waals surface area contributed by atoms with Crippen LogP contribution in [0.15, 0.2) is 24.3 Å². The van der Waals surface area contributed by atoms with Crippen molar-refractivity contribution in [3.8, 4) is 5.75 Å². The van der Waals surface area contributed by atoms with Crippen LogP contribution in [-0.4, -0.2) is 54.7 Å². The van der Waals surface area contributed by atoms with Gasteiger partial charge in [-0.3, -0.25) is 14.9 Å². The third kappa shape index (κ3) is 4.88. The Kier molecular flexibility index (Phi) is 7.41. The number of halogens is 1. The lowest BCUT2D eigenvalue weighted by Gasteiger charge is -2.41. The molecule has 2 saturated heterocycles. The largest absolute Gasteiger partial charge is 0.490 e. The van der Waals surface area contributed by atoms with Gasteiger partial charge in [0.2, 0.25) is 5.91 Å². The molecule has 3 rings (SSSR count). The fraction of sp³-hybridized carbons (Fsp3) is 0.611. The third-order valence-corrected chi connectivity index (χ3v) is 5.37. The molecule has 150 valence electrons. The molecule has 2 N–H and O–H groups in total. The summed E-state index contributed by atoms with van der Waals surface area (Å²) in [6, 6.07) is 6.09. The van der Waals surface area contributed by atoms with Crippen molar-refractivity contribution in [3.63, 3.8) is 0 Å². The SMILES string of the molecule is Cl.NCC1(C(=O)N2CCC(Oc3ccc([N+](=O)[O-])cc3)CC2)CCOCC1. The van der Waals surface area contributed by atoms with Crippen molar-refractivity contribution in [2.75, 3.05) is 32.8 Å². The van der Waals surface area contributed by atoms with E-state index in [1.165, 1.54) is 12.1 Å². The molecule has 8 nitrogen and oxygen atoms in total. The van der Waals surface area contributed by atoms with E-state index in [4.69, 9.17) is 15.2 Å². The van der Waals surface area contributed by atoms with Crippen molar-refractivity contribution < 1.29 is 19.2 Å². The Morgan fingerprint density at radius 1 is 1.26 bits per heavy atom. The fourth-order valence-electron chi connectivity index (χ4n) is 3.62. The van der Waals surface area contributed by atoms with E-state index < -0.39 is 10.3 Å².